The molecule has 19 heavy (non-hydrogen) atoms. The lowest BCUT2D eigenvalue weighted by Crippen LogP contribution is -2.26. The SMILES string of the molecule is Cc1nsc(NCC(c2ccc(F)cc2)N(C)C)n1. The normalized spacial score (nSPS) is 12.7. The zero-order valence-corrected chi connectivity index (χ0v) is 12.0. The lowest BCUT2D eigenvalue weighted by Gasteiger charge is -2.24. The summed E-state index contributed by atoms with van der Waals surface area (Å²) in [6.45, 7) is 2.57. The summed E-state index contributed by atoms with van der Waals surface area (Å²) in [6.07, 6.45) is 0. The van der Waals surface area contributed by atoms with Crippen LogP contribution in [0.25, 0.3) is 0 Å². The first-order valence-corrected chi connectivity index (χ1v) is 6.79. The monoisotopic (exact) mass is 280 g/mol. The van der Waals surface area contributed by atoms with Crippen molar-refractivity contribution in [1.29, 1.82) is 0 Å². The second kappa shape index (κ2) is 6.08. The number of likely N-dealkylation sites (N-methyl/N-ethyl adjacent to an activating group) is 1. The van der Waals surface area contributed by atoms with Crippen molar-refractivity contribution in [2.45, 2.75) is 13.0 Å². The second-order valence-corrected chi connectivity index (χ2v) is 5.31. The lowest BCUT2D eigenvalue weighted by atomic mass is 10.1. The first-order chi connectivity index (χ1) is 9.06. The zero-order valence-electron chi connectivity index (χ0n) is 11.2. The minimum absolute atomic E-state index is 0.157. The first kappa shape index (κ1) is 13.9. The Hall–Kier alpha value is -1.53. The molecule has 0 aliphatic heterocycles. The van der Waals surface area contributed by atoms with Gasteiger partial charge >= 0.3 is 0 Å². The molecule has 0 aliphatic carbocycles. The Balaban J connectivity index is 2.06. The Morgan fingerprint density at radius 3 is 2.53 bits per heavy atom. The summed E-state index contributed by atoms with van der Waals surface area (Å²) < 4.78 is 17.1. The van der Waals surface area contributed by atoms with Gasteiger partial charge in [0.1, 0.15) is 11.6 Å². The molecule has 0 bridgehead atoms. The number of benzene rings is 1. The van der Waals surface area contributed by atoms with Crippen molar-refractivity contribution in [3.63, 3.8) is 0 Å². The molecule has 0 aliphatic rings. The predicted molar refractivity (Wildman–Crippen MR) is 76.0 cm³/mol. The van der Waals surface area contributed by atoms with Crippen LogP contribution in [-0.4, -0.2) is 34.9 Å². The molecular formula is C13H17FN4S. The van der Waals surface area contributed by atoms with E-state index in [0.29, 0.717) is 6.54 Å². The summed E-state index contributed by atoms with van der Waals surface area (Å²) >= 11 is 1.35. The van der Waals surface area contributed by atoms with Gasteiger partial charge in [-0.05, 0) is 38.7 Å². The van der Waals surface area contributed by atoms with Crippen molar-refractivity contribution in [2.75, 3.05) is 26.0 Å². The summed E-state index contributed by atoms with van der Waals surface area (Å²) in [5.41, 5.74) is 1.07. The van der Waals surface area contributed by atoms with E-state index in [4.69, 9.17) is 0 Å². The zero-order chi connectivity index (χ0) is 13.8. The standard InChI is InChI=1S/C13H17FN4S/c1-9-16-13(19-17-9)15-8-12(18(2)3)10-4-6-11(14)7-5-10/h4-7,12H,8H2,1-3H3,(H,15,16,17). The van der Waals surface area contributed by atoms with E-state index in [0.717, 1.165) is 16.5 Å². The van der Waals surface area contributed by atoms with Gasteiger partial charge in [0, 0.05) is 18.1 Å². The molecule has 6 heteroatoms. The van der Waals surface area contributed by atoms with E-state index in [1.807, 2.05) is 33.2 Å². The van der Waals surface area contributed by atoms with Crippen molar-refractivity contribution in [3.8, 4) is 0 Å². The fraction of sp³-hybridized carbons (Fsp3) is 0.385. The summed E-state index contributed by atoms with van der Waals surface area (Å²) in [6, 6.07) is 6.76. The van der Waals surface area contributed by atoms with Crippen LogP contribution in [0.15, 0.2) is 24.3 Å². The lowest BCUT2D eigenvalue weighted by molar-refractivity contribution is 0.311. The smallest absolute Gasteiger partial charge is 0.202 e. The van der Waals surface area contributed by atoms with Crippen molar-refractivity contribution >= 4 is 16.7 Å². The van der Waals surface area contributed by atoms with E-state index < -0.39 is 0 Å². The van der Waals surface area contributed by atoms with Crippen LogP contribution in [0.3, 0.4) is 0 Å². The van der Waals surface area contributed by atoms with E-state index in [-0.39, 0.29) is 11.9 Å². The molecule has 1 atom stereocenters. The maximum absolute atomic E-state index is 13.0. The maximum Gasteiger partial charge on any atom is 0.202 e. The van der Waals surface area contributed by atoms with Crippen molar-refractivity contribution in [2.24, 2.45) is 0 Å². The Morgan fingerprint density at radius 2 is 2.00 bits per heavy atom. The molecule has 1 aromatic heterocycles. The molecule has 0 saturated carbocycles. The summed E-state index contributed by atoms with van der Waals surface area (Å²) in [7, 11) is 4.00. The molecule has 2 rings (SSSR count). The number of nitrogens with one attached hydrogen (secondary N) is 1. The molecule has 1 heterocycles. The molecule has 4 nitrogen and oxygen atoms in total. The summed E-state index contributed by atoms with van der Waals surface area (Å²) in [5, 5.41) is 4.08. The molecule has 0 amide bonds. The highest BCUT2D eigenvalue weighted by Gasteiger charge is 2.14. The van der Waals surface area contributed by atoms with Crippen LogP contribution < -0.4 is 5.32 Å². The fourth-order valence-corrected chi connectivity index (χ4v) is 2.42. The quantitative estimate of drug-likeness (QED) is 0.914. The molecule has 0 spiro atoms. The first-order valence-electron chi connectivity index (χ1n) is 6.02. The molecule has 0 fully saturated rings. The minimum Gasteiger partial charge on any atom is -0.358 e. The van der Waals surface area contributed by atoms with Crippen LogP contribution in [0.1, 0.15) is 17.4 Å². The van der Waals surface area contributed by atoms with Gasteiger partial charge in [-0.25, -0.2) is 9.37 Å². The molecule has 1 aromatic carbocycles. The minimum atomic E-state index is -0.214. The fourth-order valence-electron chi connectivity index (χ4n) is 1.84. The topological polar surface area (TPSA) is 41.1 Å². The largest absolute Gasteiger partial charge is 0.358 e. The number of anilines is 1. The Kier molecular flexibility index (Phi) is 4.44. The van der Waals surface area contributed by atoms with Gasteiger partial charge in [-0.3, -0.25) is 0 Å². The molecule has 2 aromatic rings. The highest BCUT2D eigenvalue weighted by molar-refractivity contribution is 7.09. The number of halogens is 1. The van der Waals surface area contributed by atoms with E-state index >= 15 is 0 Å². The second-order valence-electron chi connectivity index (χ2n) is 4.56. The number of nitrogens with zero attached hydrogens (tertiary/aromatic N) is 3. The third-order valence-electron chi connectivity index (χ3n) is 2.85. The van der Waals surface area contributed by atoms with E-state index in [1.165, 1.54) is 23.7 Å². The summed E-state index contributed by atoms with van der Waals surface area (Å²) in [5.74, 6) is 0.560. The number of aromatic nitrogens is 2. The van der Waals surface area contributed by atoms with Gasteiger partial charge in [-0.2, -0.15) is 4.37 Å². The number of hydrogen-bond acceptors (Lipinski definition) is 5. The van der Waals surface area contributed by atoms with Crippen LogP contribution in [0.4, 0.5) is 9.52 Å². The number of aryl methyl sites for hydroxylation is 1. The van der Waals surface area contributed by atoms with Crippen LogP contribution >= 0.6 is 11.5 Å². The highest BCUT2D eigenvalue weighted by atomic mass is 32.1. The van der Waals surface area contributed by atoms with E-state index in [1.54, 1.807) is 0 Å². The van der Waals surface area contributed by atoms with E-state index in [9.17, 15) is 4.39 Å². The Morgan fingerprint density at radius 1 is 1.32 bits per heavy atom. The average Bonchev–Trinajstić information content (AvgIpc) is 2.77. The van der Waals surface area contributed by atoms with Gasteiger partial charge < -0.3 is 10.2 Å². The van der Waals surface area contributed by atoms with Gasteiger partial charge in [0.2, 0.25) is 5.13 Å². The van der Waals surface area contributed by atoms with Crippen LogP contribution in [0.2, 0.25) is 0 Å². The van der Waals surface area contributed by atoms with Gasteiger partial charge in [0.05, 0.1) is 6.04 Å². The van der Waals surface area contributed by atoms with Crippen molar-refractivity contribution in [3.05, 3.63) is 41.5 Å². The van der Waals surface area contributed by atoms with Crippen LogP contribution in [0.5, 0.6) is 0 Å². The molecule has 0 radical (unpaired) electrons. The van der Waals surface area contributed by atoms with Crippen molar-refractivity contribution in [1.82, 2.24) is 14.3 Å². The average molecular weight is 280 g/mol. The highest BCUT2D eigenvalue weighted by Crippen LogP contribution is 2.20. The van der Waals surface area contributed by atoms with Gasteiger partial charge in [-0.15, -0.1) is 0 Å². The number of hydrogen-bond donors (Lipinski definition) is 1. The summed E-state index contributed by atoms with van der Waals surface area (Å²) in [4.78, 5) is 6.36. The molecule has 1 unspecified atom stereocenters. The third-order valence-corrected chi connectivity index (χ3v) is 3.62. The molecular weight excluding hydrogens is 263 g/mol. The Labute approximate surface area is 116 Å². The van der Waals surface area contributed by atoms with E-state index in [2.05, 4.69) is 19.6 Å². The molecule has 1 N–H and O–H groups in total. The third kappa shape index (κ3) is 3.71. The maximum atomic E-state index is 13.0. The van der Waals surface area contributed by atoms with Gasteiger partial charge in [-0.1, -0.05) is 12.1 Å². The molecule has 102 valence electrons. The van der Waals surface area contributed by atoms with Crippen LogP contribution in [-0.2, 0) is 0 Å². The van der Waals surface area contributed by atoms with Gasteiger partial charge in [0.25, 0.3) is 0 Å². The predicted octanol–water partition coefficient (Wildman–Crippen LogP) is 2.70. The molecule has 0 saturated heterocycles. The van der Waals surface area contributed by atoms with Crippen molar-refractivity contribution < 1.29 is 4.39 Å². The Bertz CT molecular complexity index is 524. The van der Waals surface area contributed by atoms with Gasteiger partial charge in [0.15, 0.2) is 0 Å². The van der Waals surface area contributed by atoms with Crippen LogP contribution in [0, 0.1) is 12.7 Å². The number of rotatable bonds is 5.